The second-order valence-electron chi connectivity index (χ2n) is 6.40. The summed E-state index contributed by atoms with van der Waals surface area (Å²) in [7, 11) is 0. The van der Waals surface area contributed by atoms with Crippen LogP contribution in [-0.4, -0.2) is 52.5 Å². The van der Waals surface area contributed by atoms with Crippen molar-refractivity contribution in [2.75, 3.05) is 19.6 Å². The molecule has 2 heterocycles. The van der Waals surface area contributed by atoms with Crippen LogP contribution >= 0.6 is 0 Å². The number of likely N-dealkylation sites (tertiary alicyclic amines) is 1. The first kappa shape index (κ1) is 19.3. The van der Waals surface area contributed by atoms with Crippen LogP contribution in [0.3, 0.4) is 0 Å². The van der Waals surface area contributed by atoms with Crippen LogP contribution in [0.25, 0.3) is 0 Å². The molecule has 1 aliphatic heterocycles. The fraction of sp³-hybridized carbons (Fsp3) is 0.611. The van der Waals surface area contributed by atoms with Gasteiger partial charge in [-0.05, 0) is 49.9 Å². The van der Waals surface area contributed by atoms with Gasteiger partial charge in [0, 0.05) is 31.9 Å². The third kappa shape index (κ3) is 5.79. The summed E-state index contributed by atoms with van der Waals surface area (Å²) in [4.78, 5) is 30.7. The lowest BCUT2D eigenvalue weighted by Gasteiger charge is -2.28. The first-order valence-electron chi connectivity index (χ1n) is 8.99. The Balaban J connectivity index is 2.03. The number of nitrogens with two attached hydrogens (primary N) is 1. The number of aliphatic hydroxyl groups is 1. The zero-order valence-corrected chi connectivity index (χ0v) is 14.6. The maximum absolute atomic E-state index is 12.8. The number of unbranched alkanes of at least 4 members (excludes halogenated alkanes) is 2. The van der Waals surface area contributed by atoms with E-state index < -0.39 is 12.1 Å². The SMILES string of the molecule is NCCCCCC(=O)NC(C(=O)N1CCCC1)[C@@H](O)c1ccncc1. The number of carbonyl (C=O) groups is 2. The van der Waals surface area contributed by atoms with E-state index in [0.717, 1.165) is 32.1 Å². The average molecular weight is 348 g/mol. The summed E-state index contributed by atoms with van der Waals surface area (Å²) in [6.45, 7) is 1.95. The van der Waals surface area contributed by atoms with Crippen molar-refractivity contribution in [2.24, 2.45) is 5.73 Å². The normalized spacial score (nSPS) is 16.5. The van der Waals surface area contributed by atoms with Crippen molar-refractivity contribution < 1.29 is 14.7 Å². The molecule has 0 bridgehead atoms. The van der Waals surface area contributed by atoms with Crippen molar-refractivity contribution in [3.63, 3.8) is 0 Å². The van der Waals surface area contributed by atoms with Gasteiger partial charge in [0.1, 0.15) is 12.1 Å². The van der Waals surface area contributed by atoms with Crippen LogP contribution in [-0.2, 0) is 9.59 Å². The maximum atomic E-state index is 12.8. The quantitative estimate of drug-likeness (QED) is 0.571. The Morgan fingerprint density at radius 1 is 1.20 bits per heavy atom. The topological polar surface area (TPSA) is 109 Å². The van der Waals surface area contributed by atoms with Crippen LogP contribution in [0.1, 0.15) is 50.2 Å². The van der Waals surface area contributed by atoms with Crippen LogP contribution in [0.2, 0.25) is 0 Å². The predicted octanol–water partition coefficient (Wildman–Crippen LogP) is 0.741. The Labute approximate surface area is 148 Å². The van der Waals surface area contributed by atoms with Gasteiger partial charge in [-0.3, -0.25) is 14.6 Å². The Morgan fingerprint density at radius 3 is 2.52 bits per heavy atom. The lowest BCUT2D eigenvalue weighted by atomic mass is 10.0. The third-order valence-corrected chi connectivity index (χ3v) is 4.47. The number of hydrogen-bond acceptors (Lipinski definition) is 5. The lowest BCUT2D eigenvalue weighted by molar-refractivity contribution is -0.139. The van der Waals surface area contributed by atoms with Crippen molar-refractivity contribution in [1.82, 2.24) is 15.2 Å². The molecule has 1 aromatic rings. The van der Waals surface area contributed by atoms with Gasteiger partial charge >= 0.3 is 0 Å². The smallest absolute Gasteiger partial charge is 0.248 e. The zero-order chi connectivity index (χ0) is 18.1. The number of nitrogens with one attached hydrogen (secondary N) is 1. The van der Waals surface area contributed by atoms with Gasteiger partial charge < -0.3 is 21.1 Å². The van der Waals surface area contributed by atoms with Gasteiger partial charge in [-0.1, -0.05) is 6.42 Å². The summed E-state index contributed by atoms with van der Waals surface area (Å²) in [5.74, 6) is -0.445. The number of carbonyl (C=O) groups excluding carboxylic acids is 2. The molecule has 2 atom stereocenters. The minimum absolute atomic E-state index is 0.220. The molecule has 0 aromatic carbocycles. The zero-order valence-electron chi connectivity index (χ0n) is 14.6. The number of pyridine rings is 1. The number of aromatic nitrogens is 1. The van der Waals surface area contributed by atoms with Gasteiger partial charge in [-0.25, -0.2) is 0 Å². The van der Waals surface area contributed by atoms with Gasteiger partial charge in [0.2, 0.25) is 11.8 Å². The highest BCUT2D eigenvalue weighted by molar-refractivity contribution is 5.88. The van der Waals surface area contributed by atoms with Gasteiger partial charge in [0.15, 0.2) is 0 Å². The summed E-state index contributed by atoms with van der Waals surface area (Å²) >= 11 is 0. The summed E-state index contributed by atoms with van der Waals surface area (Å²) in [6, 6.07) is 2.34. The number of nitrogens with zero attached hydrogens (tertiary/aromatic N) is 2. The van der Waals surface area contributed by atoms with Crippen molar-refractivity contribution in [3.8, 4) is 0 Å². The van der Waals surface area contributed by atoms with E-state index in [2.05, 4.69) is 10.3 Å². The molecule has 2 amide bonds. The van der Waals surface area contributed by atoms with Crippen LogP contribution < -0.4 is 11.1 Å². The first-order valence-corrected chi connectivity index (χ1v) is 8.99. The van der Waals surface area contributed by atoms with Crippen LogP contribution in [0.15, 0.2) is 24.5 Å². The van der Waals surface area contributed by atoms with Crippen LogP contribution in [0, 0.1) is 0 Å². The largest absolute Gasteiger partial charge is 0.386 e. The highest BCUT2D eigenvalue weighted by Crippen LogP contribution is 2.20. The van der Waals surface area contributed by atoms with Crippen molar-refractivity contribution >= 4 is 11.8 Å². The van der Waals surface area contributed by atoms with Crippen molar-refractivity contribution in [2.45, 2.75) is 50.7 Å². The standard InChI is InChI=1S/C18H28N4O3/c19-9-3-1-2-6-15(23)21-16(18(25)22-12-4-5-13-22)17(24)14-7-10-20-11-8-14/h7-8,10-11,16-17,24H,1-6,9,12-13,19H2,(H,21,23)/t16?,17-/m0/s1. The minimum Gasteiger partial charge on any atom is -0.386 e. The first-order chi connectivity index (χ1) is 12.1. The van der Waals surface area contributed by atoms with Gasteiger partial charge in [-0.15, -0.1) is 0 Å². The fourth-order valence-electron chi connectivity index (χ4n) is 3.02. The molecule has 25 heavy (non-hydrogen) atoms. The van der Waals surface area contributed by atoms with Crippen molar-refractivity contribution in [3.05, 3.63) is 30.1 Å². The molecule has 7 nitrogen and oxygen atoms in total. The number of hydrogen-bond donors (Lipinski definition) is 3. The van der Waals surface area contributed by atoms with Crippen molar-refractivity contribution in [1.29, 1.82) is 0 Å². The van der Waals surface area contributed by atoms with Crippen LogP contribution in [0.5, 0.6) is 0 Å². The molecule has 138 valence electrons. The van der Waals surface area contributed by atoms with Gasteiger partial charge in [0.25, 0.3) is 0 Å². The molecule has 0 radical (unpaired) electrons. The third-order valence-electron chi connectivity index (χ3n) is 4.47. The second-order valence-corrected chi connectivity index (χ2v) is 6.40. The predicted molar refractivity (Wildman–Crippen MR) is 94.5 cm³/mol. The second kappa shape index (κ2) is 10.1. The Bertz CT molecular complexity index is 547. The molecule has 0 aliphatic carbocycles. The minimum atomic E-state index is -1.09. The highest BCUT2D eigenvalue weighted by atomic mass is 16.3. The highest BCUT2D eigenvalue weighted by Gasteiger charge is 2.33. The molecule has 0 spiro atoms. The molecule has 1 unspecified atom stereocenters. The fourth-order valence-corrected chi connectivity index (χ4v) is 3.02. The number of rotatable bonds is 9. The van der Waals surface area contributed by atoms with Gasteiger partial charge in [0.05, 0.1) is 0 Å². The van der Waals surface area contributed by atoms with E-state index >= 15 is 0 Å². The molecule has 7 heteroatoms. The molecular weight excluding hydrogens is 320 g/mol. The summed E-state index contributed by atoms with van der Waals surface area (Å²) in [5.41, 5.74) is 6.02. The Kier molecular flexibility index (Phi) is 7.81. The molecule has 4 N–H and O–H groups in total. The van der Waals surface area contributed by atoms with E-state index in [9.17, 15) is 14.7 Å². The Hall–Kier alpha value is -1.99. The lowest BCUT2D eigenvalue weighted by Crippen LogP contribution is -2.51. The van der Waals surface area contributed by atoms with Gasteiger partial charge in [-0.2, -0.15) is 0 Å². The molecule has 2 rings (SSSR count). The van der Waals surface area contributed by atoms with E-state index in [0.29, 0.717) is 31.6 Å². The molecule has 1 aromatic heterocycles. The molecule has 1 fully saturated rings. The monoisotopic (exact) mass is 348 g/mol. The summed E-state index contributed by atoms with van der Waals surface area (Å²) in [6.07, 6.45) is 6.74. The van der Waals surface area contributed by atoms with E-state index in [4.69, 9.17) is 5.73 Å². The van der Waals surface area contributed by atoms with Crippen LogP contribution in [0.4, 0.5) is 0 Å². The Morgan fingerprint density at radius 2 is 1.88 bits per heavy atom. The maximum Gasteiger partial charge on any atom is 0.248 e. The molecular formula is C18H28N4O3. The van der Waals surface area contributed by atoms with E-state index in [1.165, 1.54) is 0 Å². The molecule has 1 saturated heterocycles. The van der Waals surface area contributed by atoms with E-state index in [-0.39, 0.29) is 11.8 Å². The van der Waals surface area contributed by atoms with E-state index in [1.807, 2.05) is 0 Å². The summed E-state index contributed by atoms with van der Waals surface area (Å²) < 4.78 is 0. The number of aliphatic hydroxyl groups excluding tert-OH is 1. The average Bonchev–Trinajstić information content (AvgIpc) is 3.18. The van der Waals surface area contributed by atoms with E-state index in [1.54, 1.807) is 29.4 Å². The molecule has 0 saturated carbocycles. The summed E-state index contributed by atoms with van der Waals surface area (Å²) in [5, 5.41) is 13.4. The number of amides is 2. The molecule has 1 aliphatic rings.